The van der Waals surface area contributed by atoms with Crippen LogP contribution < -0.4 is 10.6 Å². The van der Waals surface area contributed by atoms with Crippen molar-refractivity contribution in [3.05, 3.63) is 95.3 Å². The Bertz CT molecular complexity index is 1420. The number of rotatable bonds is 10. The van der Waals surface area contributed by atoms with Crippen LogP contribution in [-0.2, 0) is 23.0 Å². The number of aromatic nitrogens is 2. The number of carbonyl (C=O) groups excluding carboxylic acids is 2. The Hall–Kier alpha value is -4.17. The van der Waals surface area contributed by atoms with Gasteiger partial charge in [0.2, 0.25) is 0 Å². The summed E-state index contributed by atoms with van der Waals surface area (Å²) in [6.45, 7) is 2.51. The first-order valence-electron chi connectivity index (χ1n) is 12.3. The normalized spacial score (nSPS) is 10.6. The fourth-order valence-electron chi connectivity index (χ4n) is 4.25. The molecule has 0 aliphatic rings. The molecule has 0 atom stereocenters. The molecule has 0 spiro atoms. The van der Waals surface area contributed by atoms with Crippen molar-refractivity contribution in [3.8, 4) is 0 Å². The number of amidine groups is 1. The third kappa shape index (κ3) is 6.58. The molecule has 3 aromatic carbocycles. The summed E-state index contributed by atoms with van der Waals surface area (Å²) in [5.74, 6) is 0.492. The number of amides is 1. The van der Waals surface area contributed by atoms with E-state index in [9.17, 15) is 9.59 Å². The van der Waals surface area contributed by atoms with Crippen molar-refractivity contribution in [2.24, 2.45) is 12.8 Å². The Morgan fingerprint density at radius 3 is 2.37 bits per heavy atom. The van der Waals surface area contributed by atoms with Gasteiger partial charge in [0.1, 0.15) is 11.7 Å². The van der Waals surface area contributed by atoms with Gasteiger partial charge in [0.25, 0.3) is 5.91 Å². The fourth-order valence-corrected chi connectivity index (χ4v) is 4.25. The summed E-state index contributed by atoms with van der Waals surface area (Å²) in [5, 5.41) is 7.56. The first-order chi connectivity index (χ1) is 17.9. The third-order valence-corrected chi connectivity index (χ3v) is 6.23. The van der Waals surface area contributed by atoms with Gasteiger partial charge < -0.3 is 19.9 Å². The van der Waals surface area contributed by atoms with E-state index in [-0.39, 0.29) is 36.5 Å². The van der Waals surface area contributed by atoms with E-state index in [1.165, 1.54) is 0 Å². The van der Waals surface area contributed by atoms with E-state index in [2.05, 4.69) is 0 Å². The van der Waals surface area contributed by atoms with Gasteiger partial charge in [-0.15, -0.1) is 12.4 Å². The molecule has 1 amide bonds. The van der Waals surface area contributed by atoms with Crippen LogP contribution in [0.25, 0.3) is 11.0 Å². The fraction of sp³-hybridized carbons (Fsp3) is 0.241. The molecular formula is C29H32ClN5O3. The quantitative estimate of drug-likeness (QED) is 0.172. The second-order valence-corrected chi connectivity index (χ2v) is 8.78. The second-order valence-electron chi connectivity index (χ2n) is 8.78. The predicted molar refractivity (Wildman–Crippen MR) is 152 cm³/mol. The number of imidazole rings is 1. The van der Waals surface area contributed by atoms with Crippen LogP contribution in [0.3, 0.4) is 0 Å². The molecule has 198 valence electrons. The van der Waals surface area contributed by atoms with Gasteiger partial charge in [-0.05, 0) is 49.2 Å². The van der Waals surface area contributed by atoms with Crippen molar-refractivity contribution in [2.45, 2.75) is 26.2 Å². The number of esters is 1. The lowest BCUT2D eigenvalue weighted by Crippen LogP contribution is -2.32. The lowest BCUT2D eigenvalue weighted by Gasteiger charge is -2.23. The molecule has 1 aromatic heterocycles. The van der Waals surface area contributed by atoms with Crippen molar-refractivity contribution >= 4 is 46.8 Å². The van der Waals surface area contributed by atoms with E-state index in [0.29, 0.717) is 37.1 Å². The molecule has 9 heteroatoms. The van der Waals surface area contributed by atoms with E-state index in [4.69, 9.17) is 20.9 Å². The van der Waals surface area contributed by atoms with Crippen molar-refractivity contribution in [1.29, 1.82) is 5.41 Å². The summed E-state index contributed by atoms with van der Waals surface area (Å²) < 4.78 is 7.05. The van der Waals surface area contributed by atoms with Gasteiger partial charge in [0.15, 0.2) is 0 Å². The zero-order valence-electron chi connectivity index (χ0n) is 21.5. The Morgan fingerprint density at radius 2 is 1.71 bits per heavy atom. The number of nitrogens with one attached hydrogen (secondary N) is 1. The van der Waals surface area contributed by atoms with Gasteiger partial charge in [0.05, 0.1) is 17.6 Å². The highest BCUT2D eigenvalue weighted by molar-refractivity contribution is 6.07. The molecule has 0 fully saturated rings. The van der Waals surface area contributed by atoms with Gasteiger partial charge in [-0.1, -0.05) is 42.5 Å². The number of halogens is 1. The molecule has 0 saturated heterocycles. The highest BCUT2D eigenvalue weighted by atomic mass is 35.5. The smallest absolute Gasteiger partial charge is 0.305 e. The molecule has 1 heterocycles. The largest absolute Gasteiger partial charge is 0.466 e. The van der Waals surface area contributed by atoms with E-state index in [1.54, 1.807) is 11.8 Å². The average molecular weight is 534 g/mol. The van der Waals surface area contributed by atoms with Crippen LogP contribution in [0.15, 0.2) is 72.8 Å². The number of ether oxygens (including phenoxy) is 1. The summed E-state index contributed by atoms with van der Waals surface area (Å²) in [4.78, 5) is 31.9. The Morgan fingerprint density at radius 1 is 1.03 bits per heavy atom. The average Bonchev–Trinajstić information content (AvgIpc) is 3.21. The maximum atomic E-state index is 13.6. The number of nitrogen functional groups attached to an aromatic ring is 1. The minimum atomic E-state index is -0.263. The van der Waals surface area contributed by atoms with Crippen LogP contribution in [0.4, 0.5) is 5.69 Å². The summed E-state index contributed by atoms with van der Waals surface area (Å²) in [6.07, 6.45) is 1.36. The van der Waals surface area contributed by atoms with Crippen molar-refractivity contribution < 1.29 is 14.3 Å². The number of hydrogen-bond donors (Lipinski definition) is 2. The lowest BCUT2D eigenvalue weighted by atomic mass is 10.1. The van der Waals surface area contributed by atoms with E-state index < -0.39 is 0 Å². The van der Waals surface area contributed by atoms with Gasteiger partial charge in [-0.3, -0.25) is 15.0 Å². The Kier molecular flexibility index (Phi) is 9.62. The van der Waals surface area contributed by atoms with Gasteiger partial charge >= 0.3 is 5.97 Å². The van der Waals surface area contributed by atoms with E-state index in [1.807, 2.05) is 84.4 Å². The number of carbonyl (C=O) groups is 2. The maximum Gasteiger partial charge on any atom is 0.305 e. The summed E-state index contributed by atoms with van der Waals surface area (Å²) >= 11 is 0. The Balaban J connectivity index is 0.00000400. The molecule has 3 N–H and O–H groups in total. The standard InChI is InChI=1S/C29H31N5O3.ClH/c1-3-37-27(35)10-7-17-34(23-8-5-4-6-9-23)29(36)22-15-16-25-24(19-22)32-26(33(25)2)18-20-11-13-21(14-12-20)28(30)31;/h4-6,8-9,11-16,19H,3,7,10,17-18H2,1-2H3,(H3,30,31);1H. The summed E-state index contributed by atoms with van der Waals surface area (Å²) in [5.41, 5.74) is 10.3. The number of para-hydroxylation sites is 1. The molecule has 0 saturated carbocycles. The second kappa shape index (κ2) is 12.9. The van der Waals surface area contributed by atoms with Gasteiger partial charge in [0, 0.05) is 43.2 Å². The van der Waals surface area contributed by atoms with Gasteiger partial charge in [-0.25, -0.2) is 4.98 Å². The SMILES string of the molecule is CCOC(=O)CCCN(C(=O)c1ccc2c(c1)nc(Cc1ccc(C(=N)N)cc1)n2C)c1ccccc1.Cl. The van der Waals surface area contributed by atoms with E-state index >= 15 is 0 Å². The molecule has 0 unspecified atom stereocenters. The minimum Gasteiger partial charge on any atom is -0.466 e. The number of hydrogen-bond acceptors (Lipinski definition) is 5. The van der Waals surface area contributed by atoms with Crippen molar-refractivity contribution in [3.63, 3.8) is 0 Å². The maximum absolute atomic E-state index is 13.6. The topological polar surface area (TPSA) is 114 Å². The highest BCUT2D eigenvalue weighted by Crippen LogP contribution is 2.23. The van der Waals surface area contributed by atoms with Crippen molar-refractivity contribution in [2.75, 3.05) is 18.1 Å². The molecule has 0 aliphatic carbocycles. The molecule has 4 aromatic rings. The number of aryl methyl sites for hydroxylation is 1. The Labute approximate surface area is 228 Å². The molecule has 0 radical (unpaired) electrons. The molecular weight excluding hydrogens is 502 g/mol. The number of fused-ring (bicyclic) bond motifs is 1. The zero-order chi connectivity index (χ0) is 26.4. The minimum absolute atomic E-state index is 0. The number of anilines is 1. The number of nitrogens with two attached hydrogens (primary N) is 1. The number of benzene rings is 3. The summed E-state index contributed by atoms with van der Waals surface area (Å²) in [7, 11) is 1.96. The van der Waals surface area contributed by atoms with Crippen molar-refractivity contribution in [1.82, 2.24) is 9.55 Å². The highest BCUT2D eigenvalue weighted by Gasteiger charge is 2.20. The monoisotopic (exact) mass is 533 g/mol. The van der Waals surface area contributed by atoms with Crippen LogP contribution in [0.5, 0.6) is 0 Å². The zero-order valence-corrected chi connectivity index (χ0v) is 22.3. The van der Waals surface area contributed by atoms with Crippen LogP contribution in [0, 0.1) is 5.41 Å². The predicted octanol–water partition coefficient (Wildman–Crippen LogP) is 4.86. The van der Waals surface area contributed by atoms with Crippen LogP contribution in [-0.4, -0.2) is 40.4 Å². The number of nitrogens with zero attached hydrogens (tertiary/aromatic N) is 3. The lowest BCUT2D eigenvalue weighted by molar-refractivity contribution is -0.143. The first kappa shape index (κ1) is 28.4. The molecule has 4 rings (SSSR count). The first-order valence-corrected chi connectivity index (χ1v) is 12.3. The third-order valence-electron chi connectivity index (χ3n) is 6.23. The van der Waals surface area contributed by atoms with Crippen LogP contribution >= 0.6 is 12.4 Å². The summed E-state index contributed by atoms with van der Waals surface area (Å²) in [6, 6.07) is 22.6. The van der Waals surface area contributed by atoms with Gasteiger partial charge in [-0.2, -0.15) is 0 Å². The van der Waals surface area contributed by atoms with Crippen LogP contribution in [0.2, 0.25) is 0 Å². The van der Waals surface area contributed by atoms with E-state index in [0.717, 1.165) is 28.1 Å². The molecule has 0 aliphatic heterocycles. The molecule has 38 heavy (non-hydrogen) atoms. The molecule has 8 nitrogen and oxygen atoms in total. The molecule has 0 bridgehead atoms. The van der Waals surface area contributed by atoms with Crippen LogP contribution in [0.1, 0.15) is 47.1 Å².